The molecule has 0 radical (unpaired) electrons. The van der Waals surface area contributed by atoms with Crippen LogP contribution in [0.1, 0.15) is 18.1 Å². The topological polar surface area (TPSA) is 30.2 Å². The van der Waals surface area contributed by atoms with Crippen molar-refractivity contribution in [1.82, 2.24) is 14.6 Å². The molecule has 0 bridgehead atoms. The Bertz CT molecular complexity index is 681. The Morgan fingerprint density at radius 1 is 1.06 bits per heavy atom. The zero-order valence-corrected chi connectivity index (χ0v) is 10.6. The predicted octanol–water partition coefficient (Wildman–Crippen LogP) is 3.27. The second-order valence-electron chi connectivity index (χ2n) is 4.46. The van der Waals surface area contributed by atoms with Crippen LogP contribution in [-0.4, -0.2) is 14.6 Å². The van der Waals surface area contributed by atoms with E-state index in [9.17, 15) is 0 Å². The normalized spacial score (nSPS) is 11.0. The van der Waals surface area contributed by atoms with Crippen LogP contribution in [0.5, 0.6) is 0 Å². The van der Waals surface area contributed by atoms with Crippen LogP contribution in [0.25, 0.3) is 17.0 Å². The minimum atomic E-state index is 0.899. The van der Waals surface area contributed by atoms with Gasteiger partial charge in [-0.05, 0) is 30.5 Å². The molecular weight excluding hydrogens is 222 g/mol. The lowest BCUT2D eigenvalue weighted by molar-refractivity contribution is 1.10. The van der Waals surface area contributed by atoms with Crippen LogP contribution < -0.4 is 0 Å². The van der Waals surface area contributed by atoms with Gasteiger partial charge in [-0.2, -0.15) is 0 Å². The molecule has 18 heavy (non-hydrogen) atoms. The fourth-order valence-corrected chi connectivity index (χ4v) is 2.14. The third kappa shape index (κ3) is 1.68. The van der Waals surface area contributed by atoms with Gasteiger partial charge in [0.2, 0.25) is 0 Å². The van der Waals surface area contributed by atoms with Gasteiger partial charge in [0.25, 0.3) is 0 Å². The minimum absolute atomic E-state index is 0.899. The number of hydrogen-bond acceptors (Lipinski definition) is 2. The molecule has 0 fully saturated rings. The van der Waals surface area contributed by atoms with E-state index < -0.39 is 0 Å². The first kappa shape index (κ1) is 11.0. The fraction of sp³-hybridized carbons (Fsp3) is 0.200. The molecule has 3 aromatic rings. The molecule has 0 atom stereocenters. The Labute approximate surface area is 106 Å². The van der Waals surface area contributed by atoms with E-state index in [-0.39, 0.29) is 0 Å². The molecule has 0 amide bonds. The van der Waals surface area contributed by atoms with Crippen LogP contribution in [0.15, 0.2) is 42.6 Å². The molecule has 0 spiro atoms. The van der Waals surface area contributed by atoms with Crippen molar-refractivity contribution in [1.29, 1.82) is 0 Å². The Hall–Kier alpha value is -2.16. The Kier molecular flexibility index (Phi) is 2.59. The lowest BCUT2D eigenvalue weighted by atomic mass is 10.1. The van der Waals surface area contributed by atoms with Gasteiger partial charge >= 0.3 is 0 Å². The lowest BCUT2D eigenvalue weighted by Gasteiger charge is -2.02. The predicted molar refractivity (Wildman–Crippen MR) is 72.5 cm³/mol. The van der Waals surface area contributed by atoms with Crippen LogP contribution in [0.3, 0.4) is 0 Å². The minimum Gasteiger partial charge on any atom is -0.282 e. The van der Waals surface area contributed by atoms with Crippen LogP contribution >= 0.6 is 0 Å². The second-order valence-corrected chi connectivity index (χ2v) is 4.46. The molecule has 0 aliphatic rings. The Morgan fingerprint density at radius 2 is 1.83 bits per heavy atom. The number of fused-ring (bicyclic) bond motifs is 1. The van der Waals surface area contributed by atoms with Crippen LogP contribution in [0.2, 0.25) is 0 Å². The van der Waals surface area contributed by atoms with Gasteiger partial charge in [-0.15, -0.1) is 10.2 Å². The summed E-state index contributed by atoms with van der Waals surface area (Å²) < 4.78 is 2.04. The molecule has 2 heterocycles. The van der Waals surface area contributed by atoms with Crippen LogP contribution in [-0.2, 0) is 6.42 Å². The summed E-state index contributed by atoms with van der Waals surface area (Å²) in [5, 5.41) is 8.54. The molecule has 90 valence electrons. The highest BCUT2D eigenvalue weighted by Crippen LogP contribution is 2.20. The van der Waals surface area contributed by atoms with Crippen molar-refractivity contribution < 1.29 is 0 Å². The molecule has 3 rings (SSSR count). The third-order valence-corrected chi connectivity index (χ3v) is 3.25. The van der Waals surface area contributed by atoms with E-state index in [4.69, 9.17) is 0 Å². The maximum absolute atomic E-state index is 4.29. The monoisotopic (exact) mass is 237 g/mol. The average Bonchev–Trinajstić information content (AvgIpc) is 2.84. The van der Waals surface area contributed by atoms with E-state index in [1.165, 1.54) is 5.56 Å². The quantitative estimate of drug-likeness (QED) is 0.684. The molecule has 0 saturated heterocycles. The van der Waals surface area contributed by atoms with Crippen molar-refractivity contribution in [2.75, 3.05) is 0 Å². The van der Waals surface area contributed by atoms with Gasteiger partial charge in [0.1, 0.15) is 0 Å². The molecule has 0 N–H and O–H groups in total. The second kappa shape index (κ2) is 4.26. The van der Waals surface area contributed by atoms with Gasteiger partial charge < -0.3 is 0 Å². The van der Waals surface area contributed by atoms with Crippen molar-refractivity contribution >= 4 is 5.65 Å². The van der Waals surface area contributed by atoms with Gasteiger partial charge in [0, 0.05) is 11.8 Å². The highest BCUT2D eigenvalue weighted by Gasteiger charge is 2.08. The number of nitrogens with zero attached hydrogens (tertiary/aromatic N) is 3. The molecule has 0 unspecified atom stereocenters. The summed E-state index contributed by atoms with van der Waals surface area (Å²) in [5.41, 5.74) is 4.50. The number of hydrogen-bond donors (Lipinski definition) is 0. The summed E-state index contributed by atoms with van der Waals surface area (Å²) in [6, 6.07) is 12.6. The number of rotatable bonds is 2. The number of pyridine rings is 1. The van der Waals surface area contributed by atoms with Gasteiger partial charge in [0.15, 0.2) is 11.5 Å². The SMILES string of the molecule is CCc1ccc(-c2nnc3c(C)cccn23)cc1. The Balaban J connectivity index is 2.16. The van der Waals surface area contributed by atoms with E-state index in [1.54, 1.807) is 0 Å². The highest BCUT2D eigenvalue weighted by molar-refractivity contribution is 5.61. The van der Waals surface area contributed by atoms with Crippen molar-refractivity contribution in [2.45, 2.75) is 20.3 Å². The molecule has 3 nitrogen and oxygen atoms in total. The standard InChI is InChI=1S/C15H15N3/c1-3-12-6-8-13(9-7-12)15-17-16-14-11(2)5-4-10-18(14)15/h4-10H,3H2,1-2H3. The smallest absolute Gasteiger partial charge is 0.168 e. The maximum atomic E-state index is 4.29. The van der Waals surface area contributed by atoms with Crippen molar-refractivity contribution in [3.05, 3.63) is 53.7 Å². The highest BCUT2D eigenvalue weighted by atomic mass is 15.2. The summed E-state index contributed by atoms with van der Waals surface area (Å²) in [5.74, 6) is 0.899. The number of aromatic nitrogens is 3. The average molecular weight is 237 g/mol. The summed E-state index contributed by atoms with van der Waals surface area (Å²) in [7, 11) is 0. The van der Waals surface area contributed by atoms with Gasteiger partial charge in [-0.25, -0.2) is 0 Å². The fourth-order valence-electron chi connectivity index (χ4n) is 2.14. The van der Waals surface area contributed by atoms with Gasteiger partial charge in [0.05, 0.1) is 0 Å². The zero-order valence-electron chi connectivity index (χ0n) is 10.6. The van der Waals surface area contributed by atoms with Crippen molar-refractivity contribution in [3.8, 4) is 11.4 Å². The zero-order chi connectivity index (χ0) is 12.5. The Morgan fingerprint density at radius 3 is 2.56 bits per heavy atom. The van der Waals surface area contributed by atoms with E-state index in [2.05, 4.69) is 41.4 Å². The van der Waals surface area contributed by atoms with Crippen molar-refractivity contribution in [3.63, 3.8) is 0 Å². The molecule has 3 heteroatoms. The number of aryl methyl sites for hydroxylation is 2. The van der Waals surface area contributed by atoms with E-state index >= 15 is 0 Å². The van der Waals surface area contributed by atoms with Crippen LogP contribution in [0.4, 0.5) is 0 Å². The molecule has 0 aliphatic heterocycles. The first-order valence-electron chi connectivity index (χ1n) is 6.19. The van der Waals surface area contributed by atoms with Gasteiger partial charge in [-0.3, -0.25) is 4.40 Å². The first-order valence-corrected chi connectivity index (χ1v) is 6.19. The molecular formula is C15H15N3. The summed E-state index contributed by atoms with van der Waals surface area (Å²) in [4.78, 5) is 0. The van der Waals surface area contributed by atoms with E-state index in [1.807, 2.05) is 29.7 Å². The summed E-state index contributed by atoms with van der Waals surface area (Å²) in [6.45, 7) is 4.21. The molecule has 0 aliphatic carbocycles. The van der Waals surface area contributed by atoms with Gasteiger partial charge in [-0.1, -0.05) is 37.3 Å². The summed E-state index contributed by atoms with van der Waals surface area (Å²) in [6.07, 6.45) is 3.06. The molecule has 2 aromatic heterocycles. The van der Waals surface area contributed by atoms with Crippen LogP contribution in [0, 0.1) is 6.92 Å². The van der Waals surface area contributed by atoms with E-state index in [0.29, 0.717) is 0 Å². The first-order chi connectivity index (χ1) is 8.79. The molecule has 1 aromatic carbocycles. The van der Waals surface area contributed by atoms with Crippen molar-refractivity contribution in [2.24, 2.45) is 0 Å². The summed E-state index contributed by atoms with van der Waals surface area (Å²) >= 11 is 0. The third-order valence-electron chi connectivity index (χ3n) is 3.25. The molecule has 0 saturated carbocycles. The largest absolute Gasteiger partial charge is 0.282 e. The van der Waals surface area contributed by atoms with E-state index in [0.717, 1.165) is 29.0 Å². The lowest BCUT2D eigenvalue weighted by Crippen LogP contribution is -1.90. The maximum Gasteiger partial charge on any atom is 0.168 e. The number of benzene rings is 1.